The van der Waals surface area contributed by atoms with Gasteiger partial charge in [0.2, 0.25) is 0 Å². The molecule has 134 valence electrons. The number of aryl methyl sites for hydroxylation is 1. The van der Waals surface area contributed by atoms with Crippen LogP contribution in [0.15, 0.2) is 54.7 Å². The maximum absolute atomic E-state index is 12.9. The Morgan fingerprint density at radius 3 is 2.85 bits per heavy atom. The third kappa shape index (κ3) is 3.13. The molecule has 0 bridgehead atoms. The summed E-state index contributed by atoms with van der Waals surface area (Å²) in [5.74, 6) is 0.489. The van der Waals surface area contributed by atoms with E-state index in [0.29, 0.717) is 5.92 Å². The molecule has 3 aromatic rings. The molecule has 0 aliphatic carbocycles. The fraction of sp³-hybridized carbons (Fsp3) is 0.318. The van der Waals surface area contributed by atoms with Gasteiger partial charge in [-0.25, -0.2) is 0 Å². The molecule has 2 heterocycles. The number of fused-ring (bicyclic) bond motifs is 1. The topological polar surface area (TPSA) is 46.1 Å². The second-order valence-corrected chi connectivity index (χ2v) is 7.22. The zero-order chi connectivity index (χ0) is 18.1. The summed E-state index contributed by atoms with van der Waals surface area (Å²) in [5.41, 5.74) is 3.12. The first kappa shape index (κ1) is 16.9. The van der Waals surface area contributed by atoms with Gasteiger partial charge >= 0.3 is 0 Å². The van der Waals surface area contributed by atoms with E-state index in [4.69, 9.17) is 0 Å². The number of hydrogen-bond donors (Lipinski definition) is 2. The van der Waals surface area contributed by atoms with Crippen LogP contribution in [0.5, 0.6) is 0 Å². The van der Waals surface area contributed by atoms with Crippen LogP contribution in [0.2, 0.25) is 0 Å². The van der Waals surface area contributed by atoms with Crippen LogP contribution in [-0.2, 0) is 7.05 Å². The minimum atomic E-state index is -0.0555. The van der Waals surface area contributed by atoms with Gasteiger partial charge in [-0.3, -0.25) is 4.79 Å². The molecule has 26 heavy (non-hydrogen) atoms. The molecule has 0 radical (unpaired) electrons. The lowest BCUT2D eigenvalue weighted by Crippen LogP contribution is -2.28. The van der Waals surface area contributed by atoms with E-state index >= 15 is 0 Å². The van der Waals surface area contributed by atoms with E-state index in [9.17, 15) is 4.79 Å². The predicted molar refractivity (Wildman–Crippen MR) is 105 cm³/mol. The van der Waals surface area contributed by atoms with Gasteiger partial charge in [-0.05, 0) is 53.8 Å². The van der Waals surface area contributed by atoms with E-state index in [-0.39, 0.29) is 11.9 Å². The summed E-state index contributed by atoms with van der Waals surface area (Å²) < 4.78 is 1.94. The summed E-state index contributed by atoms with van der Waals surface area (Å²) in [6.07, 6.45) is 3.23. The van der Waals surface area contributed by atoms with Gasteiger partial charge in [-0.15, -0.1) is 0 Å². The van der Waals surface area contributed by atoms with Crippen LogP contribution in [-0.4, -0.2) is 23.6 Å². The summed E-state index contributed by atoms with van der Waals surface area (Å²) in [4.78, 5) is 12.9. The second-order valence-electron chi connectivity index (χ2n) is 7.22. The van der Waals surface area contributed by atoms with Crippen LogP contribution < -0.4 is 10.6 Å². The fourth-order valence-corrected chi connectivity index (χ4v) is 3.95. The molecule has 2 unspecified atom stereocenters. The molecule has 2 N–H and O–H groups in total. The number of rotatable bonds is 4. The van der Waals surface area contributed by atoms with E-state index in [1.807, 2.05) is 42.8 Å². The molecular weight excluding hydrogens is 322 g/mol. The third-order valence-corrected chi connectivity index (χ3v) is 5.43. The van der Waals surface area contributed by atoms with Gasteiger partial charge in [0.05, 0.1) is 6.04 Å². The van der Waals surface area contributed by atoms with Crippen molar-refractivity contribution in [2.75, 3.05) is 13.1 Å². The fourth-order valence-electron chi connectivity index (χ4n) is 3.95. The van der Waals surface area contributed by atoms with Gasteiger partial charge in [0.1, 0.15) is 5.69 Å². The zero-order valence-electron chi connectivity index (χ0n) is 15.3. The molecular formula is C22H25N3O. The molecule has 0 spiro atoms. The van der Waals surface area contributed by atoms with Crippen molar-refractivity contribution in [3.8, 4) is 0 Å². The standard InChI is InChI=1S/C22H25N3O/c1-15(19-9-5-7-16-6-3-4-8-20(16)19)24-22(26)21-12-18(14-25(21)2)17-10-11-23-13-17/h3-9,12,14-15,17,23H,10-11,13H2,1-2H3,(H,24,26). The van der Waals surface area contributed by atoms with Crippen molar-refractivity contribution in [1.82, 2.24) is 15.2 Å². The molecule has 4 rings (SSSR count). The van der Waals surface area contributed by atoms with Gasteiger partial charge in [0.25, 0.3) is 5.91 Å². The molecule has 1 aliphatic rings. The highest BCUT2D eigenvalue weighted by Crippen LogP contribution is 2.26. The normalized spacial score (nSPS) is 18.2. The maximum Gasteiger partial charge on any atom is 0.268 e. The number of amides is 1. The molecule has 1 aromatic heterocycles. The minimum absolute atomic E-state index is 0.0230. The average molecular weight is 347 g/mol. The third-order valence-electron chi connectivity index (χ3n) is 5.43. The van der Waals surface area contributed by atoms with E-state index in [0.717, 1.165) is 30.8 Å². The van der Waals surface area contributed by atoms with E-state index in [1.165, 1.54) is 16.3 Å². The lowest BCUT2D eigenvalue weighted by molar-refractivity contribution is 0.0932. The number of hydrogen-bond acceptors (Lipinski definition) is 2. The first-order valence-electron chi connectivity index (χ1n) is 9.29. The summed E-state index contributed by atoms with van der Waals surface area (Å²) in [6, 6.07) is 16.5. The number of aromatic nitrogens is 1. The van der Waals surface area contributed by atoms with Crippen LogP contribution >= 0.6 is 0 Å². The Morgan fingerprint density at radius 1 is 1.23 bits per heavy atom. The number of carbonyl (C=O) groups excluding carboxylic acids is 1. The van der Waals surface area contributed by atoms with Crippen LogP contribution in [0.3, 0.4) is 0 Å². The SMILES string of the molecule is CC(NC(=O)c1cc(C2CCNC2)cn1C)c1cccc2ccccc12. The average Bonchev–Trinajstić information content (AvgIpc) is 3.30. The van der Waals surface area contributed by atoms with Gasteiger partial charge in [0, 0.05) is 19.8 Å². The predicted octanol–water partition coefficient (Wildman–Crippen LogP) is 3.75. The molecule has 1 fully saturated rings. The van der Waals surface area contributed by atoms with Crippen molar-refractivity contribution in [3.63, 3.8) is 0 Å². The van der Waals surface area contributed by atoms with Crippen molar-refractivity contribution >= 4 is 16.7 Å². The lowest BCUT2D eigenvalue weighted by atomic mass is 9.99. The number of nitrogens with one attached hydrogen (secondary N) is 2. The van der Waals surface area contributed by atoms with Gasteiger partial charge in [0.15, 0.2) is 0 Å². The highest BCUT2D eigenvalue weighted by molar-refractivity contribution is 5.94. The Kier molecular flexibility index (Phi) is 4.51. The monoisotopic (exact) mass is 347 g/mol. The first-order valence-corrected chi connectivity index (χ1v) is 9.29. The quantitative estimate of drug-likeness (QED) is 0.755. The summed E-state index contributed by atoms with van der Waals surface area (Å²) >= 11 is 0. The maximum atomic E-state index is 12.9. The molecule has 1 amide bonds. The highest BCUT2D eigenvalue weighted by atomic mass is 16.2. The van der Waals surface area contributed by atoms with E-state index < -0.39 is 0 Å². The van der Waals surface area contributed by atoms with E-state index in [1.54, 1.807) is 0 Å². The molecule has 2 atom stereocenters. The number of nitrogens with zero attached hydrogens (tertiary/aromatic N) is 1. The molecule has 2 aromatic carbocycles. The van der Waals surface area contributed by atoms with Gasteiger partial charge in [-0.1, -0.05) is 42.5 Å². The Morgan fingerprint density at radius 2 is 2.04 bits per heavy atom. The van der Waals surface area contributed by atoms with Crippen LogP contribution in [0, 0.1) is 0 Å². The van der Waals surface area contributed by atoms with Gasteiger partial charge < -0.3 is 15.2 Å². The summed E-state index contributed by atoms with van der Waals surface area (Å²) in [5, 5.41) is 8.95. The van der Waals surface area contributed by atoms with Crippen LogP contribution in [0.1, 0.15) is 46.9 Å². The number of carbonyl (C=O) groups is 1. The largest absolute Gasteiger partial charge is 0.346 e. The molecule has 1 aliphatic heterocycles. The molecule has 1 saturated heterocycles. The second kappa shape index (κ2) is 6.96. The van der Waals surface area contributed by atoms with Crippen molar-refractivity contribution in [2.24, 2.45) is 7.05 Å². The Hall–Kier alpha value is -2.59. The Labute approximate surface area is 154 Å². The molecule has 0 saturated carbocycles. The van der Waals surface area contributed by atoms with Crippen molar-refractivity contribution in [1.29, 1.82) is 0 Å². The lowest BCUT2D eigenvalue weighted by Gasteiger charge is -2.17. The van der Waals surface area contributed by atoms with Gasteiger partial charge in [-0.2, -0.15) is 0 Å². The van der Waals surface area contributed by atoms with E-state index in [2.05, 4.69) is 41.1 Å². The van der Waals surface area contributed by atoms with Crippen molar-refractivity contribution in [2.45, 2.75) is 25.3 Å². The minimum Gasteiger partial charge on any atom is -0.346 e. The summed E-state index contributed by atoms with van der Waals surface area (Å²) in [6.45, 7) is 4.10. The summed E-state index contributed by atoms with van der Waals surface area (Å²) in [7, 11) is 1.95. The first-order chi connectivity index (χ1) is 12.6. The Bertz CT molecular complexity index is 932. The van der Waals surface area contributed by atoms with Crippen LogP contribution in [0.4, 0.5) is 0 Å². The smallest absolute Gasteiger partial charge is 0.268 e. The van der Waals surface area contributed by atoms with Crippen molar-refractivity contribution in [3.05, 3.63) is 71.5 Å². The molecule has 4 heteroatoms. The Balaban J connectivity index is 1.56. The number of benzene rings is 2. The van der Waals surface area contributed by atoms with Crippen LogP contribution in [0.25, 0.3) is 10.8 Å². The zero-order valence-corrected chi connectivity index (χ0v) is 15.3. The molecule has 4 nitrogen and oxygen atoms in total. The van der Waals surface area contributed by atoms with Crippen molar-refractivity contribution < 1.29 is 4.79 Å². The highest BCUT2D eigenvalue weighted by Gasteiger charge is 2.22.